The third-order valence-electron chi connectivity index (χ3n) is 3.74. The smallest absolute Gasteiger partial charge is 0.326 e. The predicted molar refractivity (Wildman–Crippen MR) is 84.9 cm³/mol. The molecular formula is C16H19ClN2O4. The molecule has 1 fully saturated rings. The molecule has 1 aromatic carbocycles. The largest absolute Gasteiger partial charge is 0.464 e. The molecule has 1 aromatic rings. The fourth-order valence-electron chi connectivity index (χ4n) is 2.39. The summed E-state index contributed by atoms with van der Waals surface area (Å²) >= 11 is 6.13. The highest BCUT2D eigenvalue weighted by atomic mass is 35.5. The highest BCUT2D eigenvalue weighted by Crippen LogP contribution is 2.33. The number of esters is 1. The van der Waals surface area contributed by atoms with Gasteiger partial charge in [0.1, 0.15) is 12.1 Å². The minimum Gasteiger partial charge on any atom is -0.464 e. The zero-order chi connectivity index (χ0) is 17.0. The van der Waals surface area contributed by atoms with Gasteiger partial charge >= 0.3 is 12.0 Å². The Morgan fingerprint density at radius 3 is 2.70 bits per heavy atom. The molecule has 0 radical (unpaired) electrons. The minimum absolute atomic E-state index is 0.279. The van der Waals surface area contributed by atoms with Crippen molar-refractivity contribution in [2.45, 2.75) is 32.2 Å². The number of nitrogens with one attached hydrogen (secondary N) is 1. The van der Waals surface area contributed by atoms with Crippen LogP contribution in [0.3, 0.4) is 0 Å². The zero-order valence-corrected chi connectivity index (χ0v) is 13.9. The van der Waals surface area contributed by atoms with Gasteiger partial charge in [0.2, 0.25) is 0 Å². The quantitative estimate of drug-likeness (QED) is 0.491. The SMILES string of the molecule is CCCCOC(=O)CN1C(=O)N[C@@](C)(c2ccccc2Cl)C1=O. The van der Waals surface area contributed by atoms with E-state index in [9.17, 15) is 14.4 Å². The zero-order valence-electron chi connectivity index (χ0n) is 13.1. The van der Waals surface area contributed by atoms with Gasteiger partial charge in [-0.1, -0.05) is 43.1 Å². The summed E-state index contributed by atoms with van der Waals surface area (Å²) in [6, 6.07) is 6.14. The van der Waals surface area contributed by atoms with E-state index < -0.39 is 30.0 Å². The summed E-state index contributed by atoms with van der Waals surface area (Å²) in [5.74, 6) is -1.13. The maximum absolute atomic E-state index is 12.6. The van der Waals surface area contributed by atoms with E-state index in [1.165, 1.54) is 0 Å². The van der Waals surface area contributed by atoms with E-state index in [1.807, 2.05) is 6.92 Å². The first-order valence-corrected chi connectivity index (χ1v) is 7.82. The number of unbranched alkanes of at least 4 members (excludes halogenated alkanes) is 1. The highest BCUT2D eigenvalue weighted by Gasteiger charge is 2.50. The maximum Gasteiger partial charge on any atom is 0.326 e. The van der Waals surface area contributed by atoms with Crippen molar-refractivity contribution in [1.29, 1.82) is 0 Å². The van der Waals surface area contributed by atoms with Gasteiger partial charge in [0.05, 0.1) is 6.61 Å². The van der Waals surface area contributed by atoms with Crippen LogP contribution in [0.15, 0.2) is 24.3 Å². The molecule has 6 nitrogen and oxygen atoms in total. The van der Waals surface area contributed by atoms with E-state index in [0.717, 1.165) is 17.7 Å². The maximum atomic E-state index is 12.6. The van der Waals surface area contributed by atoms with Crippen molar-refractivity contribution in [2.24, 2.45) is 0 Å². The van der Waals surface area contributed by atoms with Gasteiger partial charge in [-0.25, -0.2) is 4.79 Å². The van der Waals surface area contributed by atoms with Crippen LogP contribution in [0.5, 0.6) is 0 Å². The summed E-state index contributed by atoms with van der Waals surface area (Å²) in [6.07, 6.45) is 1.63. The number of imide groups is 1. The molecule has 0 aromatic heterocycles. The van der Waals surface area contributed by atoms with Crippen LogP contribution in [0, 0.1) is 0 Å². The van der Waals surface area contributed by atoms with Crippen molar-refractivity contribution >= 4 is 29.5 Å². The number of rotatable bonds is 6. The van der Waals surface area contributed by atoms with E-state index >= 15 is 0 Å². The molecule has 23 heavy (non-hydrogen) atoms. The number of amides is 3. The Balaban J connectivity index is 2.14. The molecule has 1 aliphatic heterocycles. The summed E-state index contributed by atoms with van der Waals surface area (Å²) in [4.78, 5) is 37.3. The highest BCUT2D eigenvalue weighted by molar-refractivity contribution is 6.32. The summed E-state index contributed by atoms with van der Waals surface area (Å²) in [5.41, 5.74) is -0.805. The molecule has 7 heteroatoms. The van der Waals surface area contributed by atoms with Crippen LogP contribution in [-0.2, 0) is 19.9 Å². The normalized spacial score (nSPS) is 20.6. The molecule has 0 aliphatic carbocycles. The predicted octanol–water partition coefficient (Wildman–Crippen LogP) is 2.45. The third kappa shape index (κ3) is 3.47. The average Bonchev–Trinajstić information content (AvgIpc) is 2.72. The van der Waals surface area contributed by atoms with Gasteiger partial charge < -0.3 is 10.1 Å². The number of carbonyl (C=O) groups is 3. The average molecular weight is 339 g/mol. The molecular weight excluding hydrogens is 320 g/mol. The van der Waals surface area contributed by atoms with Crippen molar-refractivity contribution in [2.75, 3.05) is 13.2 Å². The molecule has 1 saturated heterocycles. The molecule has 1 N–H and O–H groups in total. The molecule has 1 atom stereocenters. The molecule has 3 amide bonds. The van der Waals surface area contributed by atoms with E-state index in [0.29, 0.717) is 10.6 Å². The lowest BCUT2D eigenvalue weighted by Gasteiger charge is -2.23. The third-order valence-corrected chi connectivity index (χ3v) is 4.07. The molecule has 0 bridgehead atoms. The van der Waals surface area contributed by atoms with Crippen LogP contribution in [0.1, 0.15) is 32.3 Å². The number of hydrogen-bond donors (Lipinski definition) is 1. The Labute approximate surface area is 139 Å². The van der Waals surface area contributed by atoms with Crippen LogP contribution in [0.4, 0.5) is 4.79 Å². The van der Waals surface area contributed by atoms with Crippen LogP contribution in [0.2, 0.25) is 5.02 Å². The number of halogens is 1. The first kappa shape index (κ1) is 17.3. The van der Waals surface area contributed by atoms with Gasteiger partial charge in [-0.3, -0.25) is 14.5 Å². The molecule has 0 unspecified atom stereocenters. The Morgan fingerprint density at radius 1 is 1.35 bits per heavy atom. The van der Waals surface area contributed by atoms with E-state index in [1.54, 1.807) is 31.2 Å². The number of hydrogen-bond acceptors (Lipinski definition) is 4. The van der Waals surface area contributed by atoms with Gasteiger partial charge in [0.15, 0.2) is 0 Å². The summed E-state index contributed by atoms with van der Waals surface area (Å²) in [5, 5.41) is 2.98. The van der Waals surface area contributed by atoms with Crippen molar-refractivity contribution < 1.29 is 19.1 Å². The summed E-state index contributed by atoms with van der Waals surface area (Å²) in [6.45, 7) is 3.41. The summed E-state index contributed by atoms with van der Waals surface area (Å²) < 4.78 is 5.00. The van der Waals surface area contributed by atoms with Gasteiger partial charge in [-0.2, -0.15) is 0 Å². The van der Waals surface area contributed by atoms with Gasteiger partial charge in [0.25, 0.3) is 5.91 Å². The number of benzene rings is 1. The van der Waals surface area contributed by atoms with Gasteiger partial charge in [-0.05, 0) is 19.4 Å². The lowest BCUT2D eigenvalue weighted by Crippen LogP contribution is -2.42. The fraction of sp³-hybridized carbons (Fsp3) is 0.438. The second-order valence-electron chi connectivity index (χ2n) is 5.50. The monoisotopic (exact) mass is 338 g/mol. The fourth-order valence-corrected chi connectivity index (χ4v) is 2.72. The lowest BCUT2D eigenvalue weighted by atomic mass is 9.92. The first-order chi connectivity index (χ1) is 10.9. The van der Waals surface area contributed by atoms with Gasteiger partial charge in [-0.15, -0.1) is 0 Å². The molecule has 0 saturated carbocycles. The van der Waals surface area contributed by atoms with Gasteiger partial charge in [0, 0.05) is 10.6 Å². The van der Waals surface area contributed by atoms with Crippen LogP contribution < -0.4 is 5.32 Å². The second kappa shape index (κ2) is 7.00. The van der Waals surface area contributed by atoms with Crippen LogP contribution in [-0.4, -0.2) is 36.0 Å². The standard InChI is InChI=1S/C16H19ClN2O4/c1-3-4-9-23-13(20)10-19-14(21)16(2,18-15(19)22)11-7-5-6-8-12(11)17/h5-8H,3-4,9-10H2,1-2H3,(H,18,22)/t16-/m0/s1. The molecule has 0 spiro atoms. The Bertz CT molecular complexity index is 634. The number of carbonyl (C=O) groups excluding carboxylic acids is 3. The van der Waals surface area contributed by atoms with E-state index in [4.69, 9.17) is 16.3 Å². The Morgan fingerprint density at radius 2 is 2.04 bits per heavy atom. The van der Waals surface area contributed by atoms with Crippen molar-refractivity contribution in [1.82, 2.24) is 10.2 Å². The molecule has 1 heterocycles. The number of urea groups is 1. The van der Waals surface area contributed by atoms with Crippen molar-refractivity contribution in [3.05, 3.63) is 34.9 Å². The second-order valence-corrected chi connectivity index (χ2v) is 5.91. The lowest BCUT2D eigenvalue weighted by molar-refractivity contribution is -0.147. The van der Waals surface area contributed by atoms with Crippen LogP contribution >= 0.6 is 11.6 Å². The molecule has 124 valence electrons. The van der Waals surface area contributed by atoms with E-state index in [-0.39, 0.29) is 6.61 Å². The molecule has 2 rings (SSSR count). The van der Waals surface area contributed by atoms with Crippen molar-refractivity contribution in [3.63, 3.8) is 0 Å². The minimum atomic E-state index is -1.29. The van der Waals surface area contributed by atoms with Crippen LogP contribution in [0.25, 0.3) is 0 Å². The number of nitrogens with zero attached hydrogens (tertiary/aromatic N) is 1. The van der Waals surface area contributed by atoms with Crippen molar-refractivity contribution in [3.8, 4) is 0 Å². The number of ether oxygens (including phenoxy) is 1. The Kier molecular flexibility index (Phi) is 5.26. The Hall–Kier alpha value is -2.08. The first-order valence-electron chi connectivity index (χ1n) is 7.45. The topological polar surface area (TPSA) is 75.7 Å². The summed E-state index contributed by atoms with van der Waals surface area (Å²) in [7, 11) is 0. The molecule has 1 aliphatic rings. The van der Waals surface area contributed by atoms with E-state index in [2.05, 4.69) is 5.32 Å².